The zero-order chi connectivity index (χ0) is 17.8. The minimum absolute atomic E-state index is 0.131. The summed E-state index contributed by atoms with van der Waals surface area (Å²) in [6.07, 6.45) is 1.70. The van der Waals surface area contributed by atoms with Crippen molar-refractivity contribution in [2.75, 3.05) is 7.11 Å². The van der Waals surface area contributed by atoms with Gasteiger partial charge in [0.05, 0.1) is 5.71 Å². The summed E-state index contributed by atoms with van der Waals surface area (Å²) in [6, 6.07) is 7.23. The lowest BCUT2D eigenvalue weighted by Crippen LogP contribution is -2.42. The third-order valence-corrected chi connectivity index (χ3v) is 2.87. The van der Waals surface area contributed by atoms with Crippen molar-refractivity contribution in [3.05, 3.63) is 35.4 Å². The lowest BCUT2D eigenvalue weighted by atomic mass is 10.0. The van der Waals surface area contributed by atoms with Crippen LogP contribution in [0.3, 0.4) is 0 Å². The van der Waals surface area contributed by atoms with E-state index in [1.54, 1.807) is 0 Å². The quantitative estimate of drug-likeness (QED) is 0.595. The van der Waals surface area contributed by atoms with Crippen LogP contribution in [0.5, 0.6) is 0 Å². The maximum atomic E-state index is 11.2. The molecule has 0 fully saturated rings. The maximum Gasteiger partial charge on any atom is 0.321 e. The predicted octanol–water partition coefficient (Wildman–Crippen LogP) is 3.47. The van der Waals surface area contributed by atoms with Crippen molar-refractivity contribution in [1.82, 2.24) is 5.32 Å². The van der Waals surface area contributed by atoms with Gasteiger partial charge in [0.1, 0.15) is 13.2 Å². The monoisotopic (exact) mass is 322 g/mol. The second kappa shape index (κ2) is 11.7. The van der Waals surface area contributed by atoms with Crippen molar-refractivity contribution in [2.24, 2.45) is 5.16 Å². The molecule has 1 atom stereocenters. The highest BCUT2D eigenvalue weighted by atomic mass is 16.6. The molecule has 0 bridgehead atoms. The number of carboxylic acids is 1. The summed E-state index contributed by atoms with van der Waals surface area (Å²) in [5.41, 5.74) is 2.72. The van der Waals surface area contributed by atoms with Crippen molar-refractivity contribution >= 4 is 11.7 Å². The summed E-state index contributed by atoms with van der Waals surface area (Å²) < 4.78 is 0. The number of carboxylic acid groups (broad SMARTS) is 1. The predicted molar refractivity (Wildman–Crippen MR) is 95.0 cm³/mol. The number of rotatable bonds is 7. The van der Waals surface area contributed by atoms with E-state index in [1.165, 1.54) is 13.5 Å². The van der Waals surface area contributed by atoms with E-state index < -0.39 is 12.0 Å². The fraction of sp³-hybridized carbons (Fsp3) is 0.556. The minimum atomic E-state index is -0.833. The van der Waals surface area contributed by atoms with E-state index in [1.807, 2.05) is 45.0 Å². The zero-order valence-corrected chi connectivity index (χ0v) is 15.1. The van der Waals surface area contributed by atoms with Crippen molar-refractivity contribution in [1.29, 1.82) is 0 Å². The van der Waals surface area contributed by atoms with Crippen LogP contribution in [0, 0.1) is 0 Å². The zero-order valence-electron chi connectivity index (χ0n) is 15.1. The molecule has 1 unspecified atom stereocenters. The standard InChI is InChI=1S/C15H22N2O3.C3H8/c1-10(2)16-14(15(18)19)9-12-5-7-13(8-6-12)11(3)17-20-4;1-3-2/h5-8,10,14,16H,9H2,1-4H3,(H,18,19);3H2,1-2H3/b17-11-;. The molecule has 2 N–H and O–H groups in total. The fourth-order valence-corrected chi connectivity index (χ4v) is 1.93. The number of nitrogens with zero attached hydrogens (tertiary/aromatic N) is 1. The Kier molecular flexibility index (Phi) is 10.7. The highest BCUT2D eigenvalue weighted by molar-refractivity contribution is 5.98. The summed E-state index contributed by atoms with van der Waals surface area (Å²) in [6.45, 7) is 9.98. The molecule has 0 heterocycles. The Morgan fingerprint density at radius 2 is 1.78 bits per heavy atom. The van der Waals surface area contributed by atoms with Gasteiger partial charge in [-0.1, -0.05) is 63.5 Å². The fourth-order valence-electron chi connectivity index (χ4n) is 1.93. The third-order valence-electron chi connectivity index (χ3n) is 2.87. The molecule has 23 heavy (non-hydrogen) atoms. The van der Waals surface area contributed by atoms with E-state index in [9.17, 15) is 9.90 Å². The SMILES string of the molecule is CCC.CO/N=C(/C)c1ccc(CC(NC(C)C)C(=O)O)cc1. The van der Waals surface area contributed by atoms with Crippen LogP contribution in [-0.4, -0.2) is 36.0 Å². The van der Waals surface area contributed by atoms with Crippen molar-refractivity contribution in [3.63, 3.8) is 0 Å². The van der Waals surface area contributed by atoms with Crippen LogP contribution in [0.4, 0.5) is 0 Å². The average molecular weight is 322 g/mol. The van der Waals surface area contributed by atoms with Gasteiger partial charge in [-0.15, -0.1) is 0 Å². The van der Waals surface area contributed by atoms with Gasteiger partial charge in [0.25, 0.3) is 0 Å². The van der Waals surface area contributed by atoms with E-state index in [4.69, 9.17) is 4.84 Å². The number of oxime groups is 1. The first-order chi connectivity index (χ1) is 10.8. The smallest absolute Gasteiger partial charge is 0.321 e. The molecule has 0 radical (unpaired) electrons. The van der Waals surface area contributed by atoms with Crippen LogP contribution in [0.25, 0.3) is 0 Å². The van der Waals surface area contributed by atoms with Gasteiger partial charge in [0.15, 0.2) is 0 Å². The molecule has 0 aromatic heterocycles. The first-order valence-electron chi connectivity index (χ1n) is 8.01. The normalized spacial score (nSPS) is 12.4. The van der Waals surface area contributed by atoms with Gasteiger partial charge in [-0.25, -0.2) is 0 Å². The van der Waals surface area contributed by atoms with Crippen molar-refractivity contribution in [3.8, 4) is 0 Å². The van der Waals surface area contributed by atoms with Gasteiger partial charge in [-0.2, -0.15) is 0 Å². The number of benzene rings is 1. The molecular formula is C18H30N2O3. The molecule has 0 saturated carbocycles. The van der Waals surface area contributed by atoms with Gasteiger partial charge in [-0.05, 0) is 24.5 Å². The molecule has 1 aromatic rings. The van der Waals surface area contributed by atoms with E-state index in [-0.39, 0.29) is 6.04 Å². The Bertz CT molecular complexity index is 482. The summed E-state index contributed by atoms with van der Waals surface area (Å²) in [4.78, 5) is 15.9. The number of nitrogens with one attached hydrogen (secondary N) is 1. The summed E-state index contributed by atoms with van der Waals surface area (Å²) in [5, 5.41) is 16.1. The van der Waals surface area contributed by atoms with E-state index in [2.05, 4.69) is 24.3 Å². The molecule has 130 valence electrons. The number of hydrogen-bond acceptors (Lipinski definition) is 4. The highest BCUT2D eigenvalue weighted by Gasteiger charge is 2.18. The summed E-state index contributed by atoms with van der Waals surface area (Å²) in [7, 11) is 1.51. The van der Waals surface area contributed by atoms with Crippen LogP contribution in [0.1, 0.15) is 52.2 Å². The lowest BCUT2D eigenvalue weighted by molar-refractivity contribution is -0.139. The molecule has 0 aliphatic rings. The molecule has 5 heteroatoms. The Labute approximate surface area is 139 Å². The number of carbonyl (C=O) groups is 1. The lowest BCUT2D eigenvalue weighted by Gasteiger charge is -2.17. The molecular weight excluding hydrogens is 292 g/mol. The van der Waals surface area contributed by atoms with E-state index in [0.29, 0.717) is 6.42 Å². The van der Waals surface area contributed by atoms with Crippen molar-refractivity contribution in [2.45, 2.75) is 59.5 Å². The van der Waals surface area contributed by atoms with Gasteiger partial charge in [0, 0.05) is 6.04 Å². The molecule has 0 spiro atoms. The molecule has 0 saturated heterocycles. The second-order valence-corrected chi connectivity index (χ2v) is 5.68. The molecule has 1 aromatic carbocycles. The average Bonchev–Trinajstić information content (AvgIpc) is 2.48. The Balaban J connectivity index is 0.00000149. The summed E-state index contributed by atoms with van der Waals surface area (Å²) in [5.74, 6) is -0.833. The molecule has 5 nitrogen and oxygen atoms in total. The molecule has 0 aliphatic carbocycles. The second-order valence-electron chi connectivity index (χ2n) is 5.68. The first kappa shape index (κ1) is 21.1. The van der Waals surface area contributed by atoms with Crippen LogP contribution < -0.4 is 5.32 Å². The molecule has 0 aliphatic heterocycles. The van der Waals surface area contributed by atoms with Crippen LogP contribution in [0.2, 0.25) is 0 Å². The van der Waals surface area contributed by atoms with E-state index >= 15 is 0 Å². The Morgan fingerprint density at radius 1 is 1.26 bits per heavy atom. The third kappa shape index (κ3) is 8.98. The van der Waals surface area contributed by atoms with Crippen LogP contribution >= 0.6 is 0 Å². The van der Waals surface area contributed by atoms with E-state index in [0.717, 1.165) is 16.8 Å². The topological polar surface area (TPSA) is 70.9 Å². The van der Waals surface area contributed by atoms with Gasteiger partial charge < -0.3 is 15.3 Å². The van der Waals surface area contributed by atoms with Gasteiger partial charge in [0.2, 0.25) is 0 Å². The Hall–Kier alpha value is -1.88. The molecule has 0 amide bonds. The van der Waals surface area contributed by atoms with Crippen LogP contribution in [0.15, 0.2) is 29.4 Å². The Morgan fingerprint density at radius 3 is 2.17 bits per heavy atom. The largest absolute Gasteiger partial charge is 0.480 e. The minimum Gasteiger partial charge on any atom is -0.480 e. The van der Waals surface area contributed by atoms with Gasteiger partial charge in [-0.3, -0.25) is 4.79 Å². The van der Waals surface area contributed by atoms with Crippen molar-refractivity contribution < 1.29 is 14.7 Å². The maximum absolute atomic E-state index is 11.2. The summed E-state index contributed by atoms with van der Waals surface area (Å²) >= 11 is 0. The van der Waals surface area contributed by atoms with Crippen LogP contribution in [-0.2, 0) is 16.1 Å². The first-order valence-corrected chi connectivity index (χ1v) is 8.01. The number of hydrogen-bond donors (Lipinski definition) is 2. The van der Waals surface area contributed by atoms with Gasteiger partial charge >= 0.3 is 5.97 Å². The molecule has 1 rings (SSSR count). The highest BCUT2D eigenvalue weighted by Crippen LogP contribution is 2.09. The number of aliphatic carboxylic acids is 1.